The third kappa shape index (κ3) is 6.85. The van der Waals surface area contributed by atoms with Crippen molar-refractivity contribution in [2.75, 3.05) is 32.3 Å². The summed E-state index contributed by atoms with van der Waals surface area (Å²) in [7, 11) is -0.462. The normalized spacial score (nSPS) is 13.7. The fourth-order valence-corrected chi connectivity index (χ4v) is 2.96. The number of halogens is 1. The average molecular weight is 286 g/mol. The standard InChI is InChI=1S/C10H20ClNO4S/c1-9(7-11)8-17(14,15)12(2)6-4-5-10(13)16-3/h9H,4-8H2,1-3H3. The van der Waals surface area contributed by atoms with Gasteiger partial charge in [0.05, 0.1) is 12.9 Å². The number of hydrogen-bond acceptors (Lipinski definition) is 4. The van der Waals surface area contributed by atoms with E-state index >= 15 is 0 Å². The van der Waals surface area contributed by atoms with E-state index in [0.29, 0.717) is 18.8 Å². The SMILES string of the molecule is COC(=O)CCCN(C)S(=O)(=O)CC(C)CCl. The van der Waals surface area contributed by atoms with Crippen LogP contribution in [-0.4, -0.2) is 51.0 Å². The minimum atomic E-state index is -3.28. The Bertz CT molecular complexity index is 331. The second-order valence-electron chi connectivity index (χ2n) is 4.04. The summed E-state index contributed by atoms with van der Waals surface area (Å²) >= 11 is 5.58. The number of sulfonamides is 1. The zero-order valence-electron chi connectivity index (χ0n) is 10.5. The summed E-state index contributed by atoms with van der Waals surface area (Å²) in [6.07, 6.45) is 0.680. The fourth-order valence-electron chi connectivity index (χ4n) is 1.22. The first-order valence-corrected chi connectivity index (χ1v) is 7.54. The summed E-state index contributed by atoms with van der Waals surface area (Å²) < 4.78 is 29.3. The van der Waals surface area contributed by atoms with Crippen LogP contribution in [0.3, 0.4) is 0 Å². The number of alkyl halides is 1. The van der Waals surface area contributed by atoms with Crippen LogP contribution in [0.5, 0.6) is 0 Å². The largest absolute Gasteiger partial charge is 0.469 e. The number of carbonyl (C=O) groups excluding carboxylic acids is 1. The van der Waals surface area contributed by atoms with E-state index in [0.717, 1.165) is 0 Å². The maximum Gasteiger partial charge on any atom is 0.305 e. The molecule has 0 fully saturated rings. The van der Waals surface area contributed by atoms with Crippen LogP contribution in [-0.2, 0) is 19.6 Å². The van der Waals surface area contributed by atoms with Crippen molar-refractivity contribution >= 4 is 27.6 Å². The van der Waals surface area contributed by atoms with E-state index in [-0.39, 0.29) is 24.1 Å². The summed E-state index contributed by atoms with van der Waals surface area (Å²) in [6.45, 7) is 2.10. The van der Waals surface area contributed by atoms with Gasteiger partial charge in [-0.3, -0.25) is 4.79 Å². The first-order valence-electron chi connectivity index (χ1n) is 5.40. The Kier molecular flexibility index (Phi) is 7.74. The van der Waals surface area contributed by atoms with Crippen LogP contribution >= 0.6 is 11.6 Å². The van der Waals surface area contributed by atoms with Gasteiger partial charge in [0.15, 0.2) is 0 Å². The number of ether oxygens (including phenoxy) is 1. The molecule has 1 unspecified atom stereocenters. The molecule has 0 bridgehead atoms. The van der Waals surface area contributed by atoms with E-state index in [1.165, 1.54) is 18.5 Å². The maximum absolute atomic E-state index is 11.8. The number of esters is 1. The lowest BCUT2D eigenvalue weighted by Crippen LogP contribution is -2.33. The van der Waals surface area contributed by atoms with Crippen molar-refractivity contribution in [2.45, 2.75) is 19.8 Å². The molecule has 0 rings (SSSR count). The first-order chi connectivity index (χ1) is 7.83. The predicted molar refractivity (Wildman–Crippen MR) is 67.6 cm³/mol. The Balaban J connectivity index is 4.12. The third-order valence-electron chi connectivity index (χ3n) is 2.31. The molecule has 0 N–H and O–H groups in total. The van der Waals surface area contributed by atoms with Gasteiger partial charge in [-0.15, -0.1) is 11.6 Å². The van der Waals surface area contributed by atoms with E-state index in [2.05, 4.69) is 4.74 Å². The summed E-state index contributed by atoms with van der Waals surface area (Å²) in [5.41, 5.74) is 0. The Hall–Kier alpha value is -0.330. The van der Waals surface area contributed by atoms with Crippen LogP contribution in [0.1, 0.15) is 19.8 Å². The molecule has 0 amide bonds. The molecule has 0 radical (unpaired) electrons. The second-order valence-corrected chi connectivity index (χ2v) is 6.47. The van der Waals surface area contributed by atoms with E-state index in [1.54, 1.807) is 6.92 Å². The molecule has 0 aliphatic carbocycles. The maximum atomic E-state index is 11.8. The van der Waals surface area contributed by atoms with Gasteiger partial charge < -0.3 is 4.74 Å². The number of rotatable bonds is 8. The lowest BCUT2D eigenvalue weighted by Gasteiger charge is -2.18. The number of carbonyl (C=O) groups is 1. The predicted octanol–water partition coefficient (Wildman–Crippen LogP) is 1.08. The minimum absolute atomic E-state index is 0.0330. The second kappa shape index (κ2) is 7.89. The fraction of sp³-hybridized carbons (Fsp3) is 0.900. The quantitative estimate of drug-likeness (QED) is 0.494. The van der Waals surface area contributed by atoms with E-state index in [4.69, 9.17) is 11.6 Å². The van der Waals surface area contributed by atoms with Gasteiger partial charge in [-0.1, -0.05) is 6.92 Å². The van der Waals surface area contributed by atoms with Gasteiger partial charge in [0.2, 0.25) is 10.0 Å². The summed E-state index contributed by atoms with van der Waals surface area (Å²) in [6, 6.07) is 0. The highest BCUT2D eigenvalue weighted by Gasteiger charge is 2.20. The lowest BCUT2D eigenvalue weighted by molar-refractivity contribution is -0.140. The number of methoxy groups -OCH3 is 1. The molecule has 0 saturated heterocycles. The molecule has 0 aromatic heterocycles. The highest BCUT2D eigenvalue weighted by atomic mass is 35.5. The van der Waals surface area contributed by atoms with Crippen LogP contribution in [0.15, 0.2) is 0 Å². The molecule has 7 heteroatoms. The molecule has 0 aromatic carbocycles. The molecule has 5 nitrogen and oxygen atoms in total. The molecule has 1 atom stereocenters. The highest BCUT2D eigenvalue weighted by Crippen LogP contribution is 2.08. The number of nitrogens with zero attached hydrogens (tertiary/aromatic N) is 1. The molecule has 0 aliphatic heterocycles. The van der Waals surface area contributed by atoms with Crippen molar-refractivity contribution in [2.24, 2.45) is 5.92 Å². The van der Waals surface area contributed by atoms with Gasteiger partial charge in [-0.25, -0.2) is 12.7 Å². The average Bonchev–Trinajstić information content (AvgIpc) is 2.27. The van der Waals surface area contributed by atoms with E-state index in [9.17, 15) is 13.2 Å². The molecule has 102 valence electrons. The van der Waals surface area contributed by atoms with Crippen LogP contribution in [0.25, 0.3) is 0 Å². The monoisotopic (exact) mass is 285 g/mol. The van der Waals surface area contributed by atoms with Crippen molar-refractivity contribution < 1.29 is 17.9 Å². The molecule has 17 heavy (non-hydrogen) atoms. The minimum Gasteiger partial charge on any atom is -0.469 e. The first kappa shape index (κ1) is 16.7. The van der Waals surface area contributed by atoms with Crippen molar-refractivity contribution in [1.82, 2.24) is 4.31 Å². The molecular formula is C10H20ClNO4S. The molecule has 0 spiro atoms. The van der Waals surface area contributed by atoms with Crippen LogP contribution < -0.4 is 0 Å². The van der Waals surface area contributed by atoms with Gasteiger partial charge >= 0.3 is 5.97 Å². The Morgan fingerprint density at radius 1 is 1.47 bits per heavy atom. The Morgan fingerprint density at radius 2 is 2.06 bits per heavy atom. The summed E-state index contributed by atoms with van der Waals surface area (Å²) in [4.78, 5) is 10.9. The zero-order valence-corrected chi connectivity index (χ0v) is 12.1. The van der Waals surface area contributed by atoms with Gasteiger partial charge in [-0.2, -0.15) is 0 Å². The summed E-state index contributed by atoms with van der Waals surface area (Å²) in [5, 5.41) is 0. The van der Waals surface area contributed by atoms with Crippen LogP contribution in [0.4, 0.5) is 0 Å². The number of hydrogen-bond donors (Lipinski definition) is 0. The highest BCUT2D eigenvalue weighted by molar-refractivity contribution is 7.89. The zero-order chi connectivity index (χ0) is 13.5. The molecule has 0 aromatic rings. The molecule has 0 aliphatic rings. The smallest absolute Gasteiger partial charge is 0.305 e. The van der Waals surface area contributed by atoms with Crippen LogP contribution in [0, 0.1) is 5.92 Å². The molecule has 0 saturated carbocycles. The van der Waals surface area contributed by atoms with Gasteiger partial charge in [0.1, 0.15) is 0 Å². The van der Waals surface area contributed by atoms with Gasteiger partial charge in [-0.05, 0) is 12.3 Å². The van der Waals surface area contributed by atoms with Gasteiger partial charge in [0, 0.05) is 25.9 Å². The topological polar surface area (TPSA) is 63.7 Å². The lowest BCUT2D eigenvalue weighted by atomic mass is 10.3. The third-order valence-corrected chi connectivity index (χ3v) is 4.96. The van der Waals surface area contributed by atoms with Crippen molar-refractivity contribution in [3.05, 3.63) is 0 Å². The Morgan fingerprint density at radius 3 is 2.53 bits per heavy atom. The Labute approximate surface area is 108 Å². The summed E-state index contributed by atoms with van der Waals surface area (Å²) in [5.74, 6) is -0.0601. The van der Waals surface area contributed by atoms with E-state index in [1.807, 2.05) is 0 Å². The molecular weight excluding hydrogens is 266 g/mol. The van der Waals surface area contributed by atoms with Crippen molar-refractivity contribution in [1.29, 1.82) is 0 Å². The molecule has 0 heterocycles. The van der Waals surface area contributed by atoms with Gasteiger partial charge in [0.25, 0.3) is 0 Å². The van der Waals surface area contributed by atoms with Crippen molar-refractivity contribution in [3.63, 3.8) is 0 Å². The van der Waals surface area contributed by atoms with Crippen molar-refractivity contribution in [3.8, 4) is 0 Å². The van der Waals surface area contributed by atoms with Crippen LogP contribution in [0.2, 0.25) is 0 Å². The van der Waals surface area contributed by atoms with E-state index < -0.39 is 10.0 Å².